The lowest BCUT2D eigenvalue weighted by Crippen LogP contribution is -2.21. The predicted octanol–water partition coefficient (Wildman–Crippen LogP) is 2.48. The Balaban J connectivity index is 2.51. The second kappa shape index (κ2) is 8.81. The highest BCUT2D eigenvalue weighted by molar-refractivity contribution is 5.34. The lowest BCUT2D eigenvalue weighted by molar-refractivity contribution is -0.325. The first kappa shape index (κ1) is 17.7. The van der Waals surface area contributed by atoms with E-state index in [4.69, 9.17) is 9.47 Å². The van der Waals surface area contributed by atoms with Crippen molar-refractivity contribution in [2.75, 3.05) is 33.5 Å². The van der Waals surface area contributed by atoms with Crippen LogP contribution < -0.4 is 10.1 Å². The van der Waals surface area contributed by atoms with Gasteiger partial charge in [-0.05, 0) is 6.07 Å². The number of benzene rings is 1. The lowest BCUT2D eigenvalue weighted by atomic mass is 10.2. The molecule has 0 unspecified atom stereocenters. The van der Waals surface area contributed by atoms with Gasteiger partial charge in [0.25, 0.3) is 0 Å². The second-order valence-electron chi connectivity index (χ2n) is 4.04. The Morgan fingerprint density at radius 3 is 2.57 bits per heavy atom. The number of hydrogen-bond acceptors (Lipinski definition) is 4. The molecule has 0 aliphatic rings. The van der Waals surface area contributed by atoms with E-state index in [1.807, 2.05) is 0 Å². The van der Waals surface area contributed by atoms with Crippen LogP contribution in [-0.2, 0) is 16.0 Å². The fourth-order valence-electron chi connectivity index (χ4n) is 1.55. The maximum Gasteiger partial charge on any atom is 0.522 e. The van der Waals surface area contributed by atoms with Gasteiger partial charge in [0.2, 0.25) is 0 Å². The zero-order valence-electron chi connectivity index (χ0n) is 11.5. The Kier molecular flexibility index (Phi) is 7.41. The van der Waals surface area contributed by atoms with Gasteiger partial charge in [-0.25, -0.2) is 4.39 Å². The summed E-state index contributed by atoms with van der Waals surface area (Å²) in [4.78, 5) is 0. The fraction of sp³-hybridized carbons (Fsp3) is 0.538. The van der Waals surface area contributed by atoms with Crippen molar-refractivity contribution < 1.29 is 31.8 Å². The average molecular weight is 311 g/mol. The molecule has 8 heteroatoms. The summed E-state index contributed by atoms with van der Waals surface area (Å²) in [5.74, 6) is -0.707. The van der Waals surface area contributed by atoms with E-state index in [9.17, 15) is 17.6 Å². The monoisotopic (exact) mass is 311 g/mol. The summed E-state index contributed by atoms with van der Waals surface area (Å²) in [6, 6.07) is 4.31. The molecule has 0 aliphatic heterocycles. The Morgan fingerprint density at radius 2 is 1.90 bits per heavy atom. The van der Waals surface area contributed by atoms with Crippen LogP contribution in [0.25, 0.3) is 0 Å². The molecule has 0 amide bonds. The molecule has 0 aliphatic carbocycles. The SMILES string of the molecule is COCCNCc1cccc(F)c1OCCOC(F)(F)F. The molecule has 4 nitrogen and oxygen atoms in total. The molecule has 1 aromatic carbocycles. The highest BCUT2D eigenvalue weighted by Gasteiger charge is 2.28. The van der Waals surface area contributed by atoms with Gasteiger partial charge >= 0.3 is 6.36 Å². The normalized spacial score (nSPS) is 11.7. The first-order valence-corrected chi connectivity index (χ1v) is 6.24. The van der Waals surface area contributed by atoms with E-state index in [1.54, 1.807) is 13.2 Å². The number of rotatable bonds is 9. The molecule has 0 atom stereocenters. The lowest BCUT2D eigenvalue weighted by Gasteiger charge is -2.13. The minimum atomic E-state index is -4.72. The molecule has 0 spiro atoms. The Hall–Kier alpha value is -1.38. The van der Waals surface area contributed by atoms with Gasteiger partial charge in [0.05, 0.1) is 13.2 Å². The van der Waals surface area contributed by atoms with E-state index in [2.05, 4.69) is 10.1 Å². The molecule has 0 aromatic heterocycles. The van der Waals surface area contributed by atoms with Crippen molar-refractivity contribution in [2.45, 2.75) is 12.9 Å². The summed E-state index contributed by atoms with van der Waals surface area (Å²) in [6.07, 6.45) is -4.72. The van der Waals surface area contributed by atoms with Crippen LogP contribution in [0.2, 0.25) is 0 Å². The van der Waals surface area contributed by atoms with Gasteiger partial charge in [-0.1, -0.05) is 12.1 Å². The highest BCUT2D eigenvalue weighted by Crippen LogP contribution is 2.23. The Bertz CT molecular complexity index is 426. The van der Waals surface area contributed by atoms with E-state index in [1.165, 1.54) is 12.1 Å². The molecule has 0 saturated carbocycles. The van der Waals surface area contributed by atoms with Gasteiger partial charge in [0, 0.05) is 25.8 Å². The van der Waals surface area contributed by atoms with Crippen LogP contribution in [0.4, 0.5) is 17.6 Å². The molecule has 1 N–H and O–H groups in total. The Morgan fingerprint density at radius 1 is 1.14 bits per heavy atom. The van der Waals surface area contributed by atoms with E-state index < -0.39 is 25.4 Å². The van der Waals surface area contributed by atoms with Crippen LogP contribution in [0, 0.1) is 5.82 Å². The highest BCUT2D eigenvalue weighted by atomic mass is 19.4. The number of para-hydroxylation sites is 1. The van der Waals surface area contributed by atoms with Crippen LogP contribution in [0.3, 0.4) is 0 Å². The van der Waals surface area contributed by atoms with E-state index >= 15 is 0 Å². The van der Waals surface area contributed by atoms with Gasteiger partial charge in [0.1, 0.15) is 6.61 Å². The molecule has 0 heterocycles. The summed E-state index contributed by atoms with van der Waals surface area (Å²) in [6.45, 7) is 0.269. The Labute approximate surface area is 120 Å². The standard InChI is InChI=1S/C13H17F4NO3/c1-19-6-5-18-9-10-3-2-4-11(14)12(10)20-7-8-21-13(15,16)17/h2-4,18H,5-9H2,1H3. The molecule has 1 rings (SSSR count). The largest absolute Gasteiger partial charge is 0.522 e. The van der Waals surface area contributed by atoms with E-state index in [0.29, 0.717) is 25.3 Å². The zero-order chi connectivity index (χ0) is 15.7. The number of methoxy groups -OCH3 is 1. The summed E-state index contributed by atoms with van der Waals surface area (Å²) < 4.78 is 62.5. The zero-order valence-corrected chi connectivity index (χ0v) is 11.5. The molecular weight excluding hydrogens is 294 g/mol. The molecular formula is C13H17F4NO3. The smallest absolute Gasteiger partial charge is 0.488 e. The van der Waals surface area contributed by atoms with Crippen LogP contribution in [0.1, 0.15) is 5.56 Å². The summed E-state index contributed by atoms with van der Waals surface area (Å²) in [5, 5.41) is 3.00. The van der Waals surface area contributed by atoms with Gasteiger partial charge in [-0.2, -0.15) is 0 Å². The van der Waals surface area contributed by atoms with Gasteiger partial charge in [0.15, 0.2) is 11.6 Å². The van der Waals surface area contributed by atoms with Crippen molar-refractivity contribution in [3.05, 3.63) is 29.6 Å². The molecule has 21 heavy (non-hydrogen) atoms. The number of nitrogens with one attached hydrogen (secondary N) is 1. The predicted molar refractivity (Wildman–Crippen MR) is 67.5 cm³/mol. The molecule has 1 aromatic rings. The molecule has 0 bridgehead atoms. The van der Waals surface area contributed by atoms with Gasteiger partial charge in [-0.3, -0.25) is 4.74 Å². The number of ether oxygens (including phenoxy) is 3. The summed E-state index contributed by atoms with van der Waals surface area (Å²) in [7, 11) is 1.55. The molecule has 0 saturated heterocycles. The van der Waals surface area contributed by atoms with Gasteiger partial charge < -0.3 is 14.8 Å². The van der Waals surface area contributed by atoms with Crippen molar-refractivity contribution in [1.82, 2.24) is 5.32 Å². The third kappa shape index (κ3) is 7.26. The van der Waals surface area contributed by atoms with Crippen LogP contribution in [-0.4, -0.2) is 39.8 Å². The van der Waals surface area contributed by atoms with Crippen LogP contribution in [0.15, 0.2) is 18.2 Å². The quantitative estimate of drug-likeness (QED) is 0.562. The molecule has 0 fully saturated rings. The molecule has 0 radical (unpaired) electrons. The second-order valence-corrected chi connectivity index (χ2v) is 4.04. The van der Waals surface area contributed by atoms with Crippen molar-refractivity contribution in [2.24, 2.45) is 0 Å². The van der Waals surface area contributed by atoms with Gasteiger partial charge in [-0.15, -0.1) is 13.2 Å². The van der Waals surface area contributed by atoms with E-state index in [0.717, 1.165) is 0 Å². The molecule has 120 valence electrons. The first-order valence-electron chi connectivity index (χ1n) is 6.24. The van der Waals surface area contributed by atoms with Crippen molar-refractivity contribution in [3.63, 3.8) is 0 Å². The maximum absolute atomic E-state index is 13.6. The van der Waals surface area contributed by atoms with Crippen LogP contribution >= 0.6 is 0 Å². The van der Waals surface area contributed by atoms with Crippen LogP contribution in [0.5, 0.6) is 5.75 Å². The topological polar surface area (TPSA) is 39.7 Å². The summed E-state index contributed by atoms with van der Waals surface area (Å²) in [5.41, 5.74) is 0.512. The van der Waals surface area contributed by atoms with Crippen molar-refractivity contribution >= 4 is 0 Å². The van der Waals surface area contributed by atoms with Crippen molar-refractivity contribution in [3.8, 4) is 5.75 Å². The number of halogens is 4. The third-order valence-corrected chi connectivity index (χ3v) is 2.44. The minimum Gasteiger partial charge on any atom is -0.488 e. The number of alkyl halides is 3. The third-order valence-electron chi connectivity index (χ3n) is 2.44. The van der Waals surface area contributed by atoms with Crippen molar-refractivity contribution in [1.29, 1.82) is 0 Å². The fourth-order valence-corrected chi connectivity index (χ4v) is 1.55. The average Bonchev–Trinajstić information content (AvgIpc) is 2.40. The minimum absolute atomic E-state index is 0.0757. The summed E-state index contributed by atoms with van der Waals surface area (Å²) >= 11 is 0. The first-order chi connectivity index (χ1) is 9.94. The van der Waals surface area contributed by atoms with E-state index in [-0.39, 0.29) is 5.75 Å². The maximum atomic E-state index is 13.6. The number of hydrogen-bond donors (Lipinski definition) is 1.